The minimum atomic E-state index is -0.647. The molecule has 0 aliphatic heterocycles. The number of aromatic hydroxyl groups is 1. The Balaban J connectivity index is 2.09. The van der Waals surface area contributed by atoms with Crippen LogP contribution >= 0.6 is 0 Å². The Morgan fingerprint density at radius 3 is 2.60 bits per heavy atom. The highest BCUT2D eigenvalue weighted by molar-refractivity contribution is 6.00. The molecule has 134 valence electrons. The summed E-state index contributed by atoms with van der Waals surface area (Å²) in [5.74, 6) is -0.945. The van der Waals surface area contributed by atoms with Crippen LogP contribution in [0.3, 0.4) is 0 Å². The number of rotatable bonds is 7. The highest BCUT2D eigenvalue weighted by atomic mass is 16.5. The summed E-state index contributed by atoms with van der Waals surface area (Å²) in [7, 11) is 1.64. The van der Waals surface area contributed by atoms with Gasteiger partial charge >= 0.3 is 5.97 Å². The lowest BCUT2D eigenvalue weighted by atomic mass is 10.1. The zero-order chi connectivity index (χ0) is 18.6. The van der Waals surface area contributed by atoms with Crippen molar-refractivity contribution in [2.75, 3.05) is 20.3 Å². The third kappa shape index (κ3) is 4.28. The number of ketones is 1. The maximum Gasteiger partial charge on any atom is 0.338 e. The summed E-state index contributed by atoms with van der Waals surface area (Å²) >= 11 is 0. The second-order valence-corrected chi connectivity index (χ2v) is 6.01. The van der Waals surface area contributed by atoms with Crippen molar-refractivity contribution >= 4 is 11.8 Å². The summed E-state index contributed by atoms with van der Waals surface area (Å²) in [6.07, 6.45) is 0. The molecule has 25 heavy (non-hydrogen) atoms. The second-order valence-electron chi connectivity index (χ2n) is 6.01. The van der Waals surface area contributed by atoms with Crippen molar-refractivity contribution in [3.8, 4) is 5.75 Å². The number of carbonyl (C=O) groups is 2. The van der Waals surface area contributed by atoms with E-state index in [4.69, 9.17) is 9.47 Å². The van der Waals surface area contributed by atoms with Gasteiger partial charge < -0.3 is 19.1 Å². The van der Waals surface area contributed by atoms with Crippen LogP contribution in [0.2, 0.25) is 0 Å². The van der Waals surface area contributed by atoms with Crippen molar-refractivity contribution in [2.24, 2.45) is 0 Å². The monoisotopic (exact) mass is 345 g/mol. The summed E-state index contributed by atoms with van der Waals surface area (Å²) in [4.78, 5) is 24.4. The lowest BCUT2D eigenvalue weighted by Gasteiger charge is -2.17. The summed E-state index contributed by atoms with van der Waals surface area (Å²) in [5.41, 5.74) is 2.50. The fourth-order valence-electron chi connectivity index (χ4n) is 2.98. The number of esters is 1. The maximum atomic E-state index is 12.4. The van der Waals surface area contributed by atoms with Gasteiger partial charge in [-0.05, 0) is 45.0 Å². The molecule has 6 heteroatoms. The number of hydrogen-bond donors (Lipinski definition) is 1. The topological polar surface area (TPSA) is 77.8 Å². The fourth-order valence-corrected chi connectivity index (χ4v) is 2.98. The maximum absolute atomic E-state index is 12.4. The number of carbonyl (C=O) groups excluding carboxylic acids is 2. The Hall–Kier alpha value is -2.60. The van der Waals surface area contributed by atoms with Crippen LogP contribution in [0.25, 0.3) is 0 Å². The summed E-state index contributed by atoms with van der Waals surface area (Å²) in [6.45, 7) is 5.99. The molecule has 2 rings (SSSR count). The highest BCUT2D eigenvalue weighted by Crippen LogP contribution is 2.21. The van der Waals surface area contributed by atoms with E-state index >= 15 is 0 Å². The van der Waals surface area contributed by atoms with Gasteiger partial charge in [0.05, 0.1) is 18.2 Å². The van der Waals surface area contributed by atoms with Gasteiger partial charge in [0.25, 0.3) is 0 Å². The minimum absolute atomic E-state index is 0.0311. The minimum Gasteiger partial charge on any atom is -0.508 e. The molecule has 0 saturated heterocycles. The number of Topliss-reactive ketones (excluding diaryl/α,β-unsaturated/α-hetero) is 1. The molecule has 0 spiro atoms. The Kier molecular flexibility index (Phi) is 5.98. The van der Waals surface area contributed by atoms with Crippen molar-refractivity contribution in [1.82, 2.24) is 4.57 Å². The molecule has 1 unspecified atom stereocenters. The van der Waals surface area contributed by atoms with Crippen molar-refractivity contribution in [2.45, 2.75) is 26.8 Å². The molecule has 0 bridgehead atoms. The molecule has 0 amide bonds. The lowest BCUT2D eigenvalue weighted by Crippen LogP contribution is -2.17. The van der Waals surface area contributed by atoms with Crippen LogP contribution in [-0.4, -0.2) is 41.7 Å². The van der Waals surface area contributed by atoms with Crippen LogP contribution in [-0.2, 0) is 9.47 Å². The fraction of sp³-hybridized carbons (Fsp3) is 0.368. The van der Waals surface area contributed by atoms with Crippen LogP contribution in [0.1, 0.15) is 45.1 Å². The highest BCUT2D eigenvalue weighted by Gasteiger charge is 2.20. The Morgan fingerprint density at radius 2 is 1.96 bits per heavy atom. The normalized spacial score (nSPS) is 12.0. The number of aryl methyl sites for hydroxylation is 1. The van der Waals surface area contributed by atoms with Gasteiger partial charge in [-0.15, -0.1) is 0 Å². The first-order chi connectivity index (χ1) is 11.8. The first-order valence-electron chi connectivity index (χ1n) is 8.01. The summed E-state index contributed by atoms with van der Waals surface area (Å²) < 4.78 is 12.3. The van der Waals surface area contributed by atoms with Crippen molar-refractivity contribution in [1.29, 1.82) is 0 Å². The van der Waals surface area contributed by atoms with Gasteiger partial charge in [0.2, 0.25) is 5.78 Å². The van der Waals surface area contributed by atoms with Gasteiger partial charge in [0.1, 0.15) is 5.75 Å². The molecule has 0 saturated carbocycles. The van der Waals surface area contributed by atoms with E-state index in [2.05, 4.69) is 0 Å². The zero-order valence-electron chi connectivity index (χ0n) is 14.9. The third-order valence-electron chi connectivity index (χ3n) is 4.05. The molecule has 6 nitrogen and oxygen atoms in total. The van der Waals surface area contributed by atoms with E-state index in [9.17, 15) is 14.7 Å². The van der Waals surface area contributed by atoms with Gasteiger partial charge in [0.15, 0.2) is 6.61 Å². The van der Waals surface area contributed by atoms with Crippen LogP contribution in [0.5, 0.6) is 5.75 Å². The molecule has 1 atom stereocenters. The first-order valence-corrected chi connectivity index (χ1v) is 8.01. The molecule has 1 heterocycles. The van der Waals surface area contributed by atoms with E-state index in [0.717, 1.165) is 11.4 Å². The number of ether oxygens (including phenoxy) is 2. The van der Waals surface area contributed by atoms with Crippen molar-refractivity contribution in [3.63, 3.8) is 0 Å². The van der Waals surface area contributed by atoms with Crippen LogP contribution in [0.15, 0.2) is 30.3 Å². The van der Waals surface area contributed by atoms with E-state index in [1.54, 1.807) is 19.2 Å². The van der Waals surface area contributed by atoms with Crippen molar-refractivity contribution < 1.29 is 24.2 Å². The van der Waals surface area contributed by atoms with E-state index in [0.29, 0.717) is 12.2 Å². The zero-order valence-corrected chi connectivity index (χ0v) is 14.9. The predicted octanol–water partition coefficient (Wildman–Crippen LogP) is 3.06. The van der Waals surface area contributed by atoms with E-state index in [1.165, 1.54) is 18.2 Å². The Bertz CT molecular complexity index is 778. The summed E-state index contributed by atoms with van der Waals surface area (Å²) in [5, 5.41) is 9.40. The van der Waals surface area contributed by atoms with E-state index in [-0.39, 0.29) is 29.7 Å². The average molecular weight is 345 g/mol. The number of phenolic OH excluding ortho intramolecular Hbond substituents is 1. The number of benzene rings is 1. The average Bonchev–Trinajstić information content (AvgIpc) is 2.87. The van der Waals surface area contributed by atoms with Crippen LogP contribution in [0.4, 0.5) is 0 Å². The standard InChI is InChI=1S/C19H23NO5/c1-12-8-17(14(3)20(12)13(2)10-24-4)18(22)11-25-19(23)15-6-5-7-16(21)9-15/h5-9,13,21H,10-11H2,1-4H3. The lowest BCUT2D eigenvalue weighted by molar-refractivity contribution is 0.0474. The molecule has 1 aromatic carbocycles. The number of aromatic nitrogens is 1. The van der Waals surface area contributed by atoms with Crippen LogP contribution in [0, 0.1) is 13.8 Å². The van der Waals surface area contributed by atoms with Gasteiger partial charge in [-0.3, -0.25) is 4.79 Å². The Morgan fingerprint density at radius 1 is 1.24 bits per heavy atom. The second kappa shape index (κ2) is 7.98. The smallest absolute Gasteiger partial charge is 0.338 e. The molecular weight excluding hydrogens is 322 g/mol. The van der Waals surface area contributed by atoms with Crippen molar-refractivity contribution in [3.05, 3.63) is 52.8 Å². The molecule has 0 radical (unpaired) electrons. The summed E-state index contributed by atoms with van der Waals surface area (Å²) in [6, 6.07) is 7.71. The van der Waals surface area contributed by atoms with Gasteiger partial charge in [0, 0.05) is 24.1 Å². The number of nitrogens with zero attached hydrogens (tertiary/aromatic N) is 1. The SMILES string of the molecule is COCC(C)n1c(C)cc(C(=O)COC(=O)c2cccc(O)c2)c1C. The quantitative estimate of drug-likeness (QED) is 0.616. The van der Waals surface area contributed by atoms with E-state index < -0.39 is 5.97 Å². The molecule has 0 aliphatic carbocycles. The molecule has 1 N–H and O–H groups in total. The largest absolute Gasteiger partial charge is 0.508 e. The van der Waals surface area contributed by atoms with Gasteiger partial charge in [-0.25, -0.2) is 4.79 Å². The molecule has 0 aliphatic rings. The molecule has 2 aromatic rings. The third-order valence-corrected chi connectivity index (χ3v) is 4.05. The molecule has 0 fully saturated rings. The van der Waals surface area contributed by atoms with Gasteiger partial charge in [-0.2, -0.15) is 0 Å². The number of phenols is 1. The molecule has 1 aromatic heterocycles. The number of hydrogen-bond acceptors (Lipinski definition) is 5. The number of methoxy groups -OCH3 is 1. The van der Waals surface area contributed by atoms with Gasteiger partial charge in [-0.1, -0.05) is 6.07 Å². The Labute approximate surface area is 147 Å². The predicted molar refractivity (Wildman–Crippen MR) is 93.2 cm³/mol. The van der Waals surface area contributed by atoms with Crippen LogP contribution < -0.4 is 0 Å². The first kappa shape index (κ1) is 18.7. The van der Waals surface area contributed by atoms with E-state index in [1.807, 2.05) is 25.3 Å². The molecular formula is C19H23NO5.